The summed E-state index contributed by atoms with van der Waals surface area (Å²) in [4.78, 5) is 14.6. The summed E-state index contributed by atoms with van der Waals surface area (Å²) in [6, 6.07) is 0. The van der Waals surface area contributed by atoms with Gasteiger partial charge >= 0.3 is 0 Å². The number of nitrogens with zero attached hydrogens (tertiary/aromatic N) is 3. The average molecular weight is 422 g/mol. The maximum Gasteiger partial charge on any atom is 0.266 e. The lowest BCUT2D eigenvalue weighted by atomic mass is 9.49. The number of fused-ring (bicyclic) bond motifs is 5. The molecule has 8 atom stereocenters. The van der Waals surface area contributed by atoms with E-state index in [9.17, 15) is 18.7 Å². The number of halogens is 2. The van der Waals surface area contributed by atoms with Crippen LogP contribution in [0.3, 0.4) is 0 Å². The summed E-state index contributed by atoms with van der Waals surface area (Å²) in [6.45, 7) is 2.58. The van der Waals surface area contributed by atoms with Crippen molar-refractivity contribution in [3.63, 3.8) is 0 Å². The lowest BCUT2D eigenvalue weighted by Gasteiger charge is -2.57. The quantitative estimate of drug-likeness (QED) is 0.794. The molecule has 1 aromatic rings. The van der Waals surface area contributed by atoms with Crippen molar-refractivity contribution in [1.82, 2.24) is 15.0 Å². The minimum Gasteiger partial charge on any atom is -0.384 e. The van der Waals surface area contributed by atoms with Crippen molar-refractivity contribution in [3.8, 4) is 0 Å². The summed E-state index contributed by atoms with van der Waals surface area (Å²) in [5.41, 5.74) is -1.74. The molecule has 0 radical (unpaired) electrons. The van der Waals surface area contributed by atoms with E-state index in [-0.39, 0.29) is 42.4 Å². The van der Waals surface area contributed by atoms with Crippen LogP contribution in [0.1, 0.15) is 64.7 Å². The molecule has 0 saturated heterocycles. The fraction of sp³-hybridized carbons (Fsp3) is 0.870. The third-order valence-electron chi connectivity index (χ3n) is 9.60. The molecule has 0 aromatic carbocycles. The molecule has 5 rings (SSSR count). The maximum absolute atomic E-state index is 13.4. The van der Waals surface area contributed by atoms with Gasteiger partial charge in [0, 0.05) is 5.92 Å². The molecule has 1 aromatic heterocycles. The Morgan fingerprint density at radius 3 is 2.53 bits per heavy atom. The molecular weight excluding hydrogens is 388 g/mol. The van der Waals surface area contributed by atoms with Crippen LogP contribution >= 0.6 is 0 Å². The zero-order chi connectivity index (χ0) is 21.1. The Kier molecular flexibility index (Phi) is 5.03. The molecule has 5 nitrogen and oxygen atoms in total. The summed E-state index contributed by atoms with van der Waals surface area (Å²) >= 11 is 0. The molecule has 0 bridgehead atoms. The van der Waals surface area contributed by atoms with Gasteiger partial charge in [-0.3, -0.25) is 4.79 Å². The predicted octanol–water partition coefficient (Wildman–Crippen LogP) is 4.11. The van der Waals surface area contributed by atoms with Gasteiger partial charge in [-0.15, -0.1) is 0 Å². The van der Waals surface area contributed by atoms with E-state index in [2.05, 4.69) is 17.1 Å². The van der Waals surface area contributed by atoms with Crippen molar-refractivity contribution in [3.05, 3.63) is 12.4 Å². The summed E-state index contributed by atoms with van der Waals surface area (Å²) in [5.74, 6) is 2.75. The number of ketones is 1. The van der Waals surface area contributed by atoms with Crippen molar-refractivity contribution in [1.29, 1.82) is 0 Å². The van der Waals surface area contributed by atoms with Crippen LogP contribution in [0.4, 0.5) is 8.78 Å². The molecule has 4 aliphatic carbocycles. The highest BCUT2D eigenvalue weighted by molar-refractivity contribution is 5.81. The van der Waals surface area contributed by atoms with Gasteiger partial charge in [0.2, 0.25) is 0 Å². The number of hydrogen-bond donors (Lipinski definition) is 1. The van der Waals surface area contributed by atoms with Crippen molar-refractivity contribution in [2.45, 2.75) is 83.3 Å². The number of rotatable bonds is 4. The Bertz CT molecular complexity index is 787. The molecule has 0 unspecified atom stereocenters. The molecule has 4 aliphatic rings. The first-order valence-corrected chi connectivity index (χ1v) is 11.7. The maximum atomic E-state index is 13.4. The normalized spacial score (nSPS) is 45.6. The van der Waals surface area contributed by atoms with Crippen LogP contribution in [-0.2, 0) is 11.3 Å². The first kappa shape index (κ1) is 20.5. The fourth-order valence-electron chi connectivity index (χ4n) is 8.21. The summed E-state index contributed by atoms with van der Waals surface area (Å²) in [6.07, 6.45) is 7.98. The zero-order valence-corrected chi connectivity index (χ0v) is 17.7. The summed E-state index contributed by atoms with van der Waals surface area (Å²) in [7, 11) is 0. The molecule has 0 aliphatic heterocycles. The van der Waals surface area contributed by atoms with E-state index in [1.54, 1.807) is 12.4 Å². The molecule has 7 heteroatoms. The van der Waals surface area contributed by atoms with Crippen LogP contribution in [0.25, 0.3) is 0 Å². The smallest absolute Gasteiger partial charge is 0.266 e. The SMILES string of the molecule is C[C@]12CC[C@H]3[C@@H](CC[C@H]4C[C@@](O)(C(F)F)CC[C@@H]43)[C@@H]1CC[C@@H]2C(=O)Cn1nccn1. The lowest BCUT2D eigenvalue weighted by molar-refractivity contribution is -0.160. The summed E-state index contributed by atoms with van der Waals surface area (Å²) < 4.78 is 26.8. The van der Waals surface area contributed by atoms with Gasteiger partial charge in [0.05, 0.1) is 12.4 Å². The highest BCUT2D eigenvalue weighted by Gasteiger charge is 2.59. The van der Waals surface area contributed by atoms with Crippen molar-refractivity contribution in [2.24, 2.45) is 40.9 Å². The van der Waals surface area contributed by atoms with E-state index in [1.165, 1.54) is 4.80 Å². The number of alkyl halides is 2. The minimum atomic E-state index is -2.64. The molecule has 0 spiro atoms. The van der Waals surface area contributed by atoms with Gasteiger partial charge in [-0.25, -0.2) is 8.78 Å². The van der Waals surface area contributed by atoms with Crippen molar-refractivity contribution in [2.75, 3.05) is 0 Å². The molecule has 0 amide bonds. The Hall–Kier alpha value is -1.37. The highest BCUT2D eigenvalue weighted by atomic mass is 19.3. The third kappa shape index (κ3) is 3.14. The molecule has 166 valence electrons. The van der Waals surface area contributed by atoms with Crippen LogP contribution < -0.4 is 0 Å². The number of carbonyl (C=O) groups is 1. The van der Waals surface area contributed by atoms with Crippen LogP contribution in [0, 0.1) is 40.9 Å². The topological polar surface area (TPSA) is 68.0 Å². The molecule has 30 heavy (non-hydrogen) atoms. The highest BCUT2D eigenvalue weighted by Crippen LogP contribution is 2.64. The second-order valence-corrected chi connectivity index (χ2v) is 10.8. The average Bonchev–Trinajstić information content (AvgIpc) is 3.34. The van der Waals surface area contributed by atoms with E-state index >= 15 is 0 Å². The Morgan fingerprint density at radius 1 is 1.07 bits per heavy atom. The van der Waals surface area contributed by atoms with Gasteiger partial charge in [0.25, 0.3) is 6.43 Å². The minimum absolute atomic E-state index is 0.0383. The Balaban J connectivity index is 1.30. The van der Waals surface area contributed by atoms with E-state index in [4.69, 9.17) is 0 Å². The number of hydrogen-bond acceptors (Lipinski definition) is 4. The third-order valence-corrected chi connectivity index (χ3v) is 9.60. The second kappa shape index (κ2) is 7.35. The number of carbonyl (C=O) groups excluding carboxylic acids is 1. The van der Waals surface area contributed by atoms with E-state index in [0.29, 0.717) is 23.7 Å². The van der Waals surface area contributed by atoms with Gasteiger partial charge in [-0.05, 0) is 92.8 Å². The van der Waals surface area contributed by atoms with Gasteiger partial charge in [-0.2, -0.15) is 15.0 Å². The first-order valence-electron chi connectivity index (χ1n) is 11.7. The van der Waals surface area contributed by atoms with Gasteiger partial charge in [0.15, 0.2) is 5.78 Å². The largest absolute Gasteiger partial charge is 0.384 e. The van der Waals surface area contributed by atoms with Gasteiger partial charge in [0.1, 0.15) is 12.1 Å². The van der Waals surface area contributed by atoms with Crippen LogP contribution in [0.2, 0.25) is 0 Å². The molecule has 1 heterocycles. The summed E-state index contributed by atoms with van der Waals surface area (Å²) in [5, 5.41) is 18.6. The molecule has 1 N–H and O–H groups in total. The van der Waals surface area contributed by atoms with Gasteiger partial charge in [-0.1, -0.05) is 6.92 Å². The van der Waals surface area contributed by atoms with Crippen LogP contribution in [-0.4, -0.2) is 37.9 Å². The molecule has 4 saturated carbocycles. The Labute approximate surface area is 176 Å². The van der Waals surface area contributed by atoms with E-state index in [0.717, 1.165) is 44.9 Å². The van der Waals surface area contributed by atoms with Crippen LogP contribution in [0.15, 0.2) is 12.4 Å². The molecular formula is C23H33F2N3O2. The monoisotopic (exact) mass is 421 g/mol. The van der Waals surface area contributed by atoms with E-state index < -0.39 is 12.0 Å². The second-order valence-electron chi connectivity index (χ2n) is 10.8. The standard InChI is InChI=1S/C23H33F2N3O2/c1-22-8-6-16-15-7-9-23(30,21(24)25)12-14(15)2-3-17(16)18(22)4-5-19(22)20(29)13-28-26-10-11-27-28/h10-11,14-19,21,30H,2-9,12-13H2,1H3/t14-,15-,16+,17+,18-,19+,22-,23+/m0/s1. The van der Waals surface area contributed by atoms with Crippen molar-refractivity contribution >= 4 is 5.78 Å². The fourth-order valence-corrected chi connectivity index (χ4v) is 8.21. The van der Waals surface area contributed by atoms with Crippen molar-refractivity contribution < 1.29 is 18.7 Å². The Morgan fingerprint density at radius 2 is 1.80 bits per heavy atom. The van der Waals surface area contributed by atoms with E-state index in [1.807, 2.05) is 0 Å². The zero-order valence-electron chi connectivity index (χ0n) is 17.7. The molecule has 4 fully saturated rings. The number of aromatic nitrogens is 3. The number of Topliss-reactive ketones (excluding diaryl/α,β-unsaturated/α-hetero) is 1. The number of aliphatic hydroxyl groups is 1. The first-order chi connectivity index (χ1) is 14.3. The van der Waals surface area contributed by atoms with Crippen LogP contribution in [0.5, 0.6) is 0 Å². The van der Waals surface area contributed by atoms with Gasteiger partial charge < -0.3 is 5.11 Å². The lowest BCUT2D eigenvalue weighted by Crippen LogP contribution is -2.53. The predicted molar refractivity (Wildman–Crippen MR) is 107 cm³/mol.